The van der Waals surface area contributed by atoms with Crippen molar-refractivity contribution in [2.24, 2.45) is 10.8 Å². The second-order valence-electron chi connectivity index (χ2n) is 8.98. The molecule has 0 aliphatic rings. The summed E-state index contributed by atoms with van der Waals surface area (Å²) in [7, 11) is 0. The number of hydrogen-bond acceptors (Lipinski definition) is 5. The summed E-state index contributed by atoms with van der Waals surface area (Å²) >= 11 is 4.66. The van der Waals surface area contributed by atoms with Crippen LogP contribution in [-0.4, -0.2) is 48.9 Å². The van der Waals surface area contributed by atoms with E-state index < -0.39 is 22.2 Å². The summed E-state index contributed by atoms with van der Waals surface area (Å²) < 4.78 is 4.37. The highest BCUT2D eigenvalue weighted by Crippen LogP contribution is 2.45. The number of ether oxygens (including phenoxy) is 1. The SMILES string of the molecule is C=C(C)C(=O)OCCNC(=O)NCCNC(=O)C(C)(CC(C)(C)C)C(C)(C)S. The highest BCUT2D eigenvalue weighted by atomic mass is 32.1. The zero-order valence-corrected chi connectivity index (χ0v) is 19.2. The topological polar surface area (TPSA) is 96.5 Å². The third-order valence-electron chi connectivity index (χ3n) is 4.40. The summed E-state index contributed by atoms with van der Waals surface area (Å²) in [6.45, 7) is 18.0. The number of esters is 1. The molecule has 1 atom stereocenters. The number of hydrogen-bond donors (Lipinski definition) is 4. The Labute approximate surface area is 174 Å². The number of thiol groups is 1. The van der Waals surface area contributed by atoms with Gasteiger partial charge in [-0.3, -0.25) is 4.79 Å². The Morgan fingerprint density at radius 2 is 1.43 bits per heavy atom. The Morgan fingerprint density at radius 3 is 1.89 bits per heavy atom. The van der Waals surface area contributed by atoms with Crippen molar-refractivity contribution >= 4 is 30.5 Å². The van der Waals surface area contributed by atoms with Crippen LogP contribution in [-0.2, 0) is 14.3 Å². The zero-order chi connectivity index (χ0) is 22.2. The van der Waals surface area contributed by atoms with Gasteiger partial charge in [0.2, 0.25) is 5.91 Å². The van der Waals surface area contributed by atoms with Crippen molar-refractivity contribution in [2.75, 3.05) is 26.2 Å². The molecule has 0 spiro atoms. The zero-order valence-electron chi connectivity index (χ0n) is 18.3. The Balaban J connectivity index is 4.33. The van der Waals surface area contributed by atoms with Gasteiger partial charge in [-0.25, -0.2) is 9.59 Å². The molecule has 28 heavy (non-hydrogen) atoms. The molecule has 0 saturated heterocycles. The van der Waals surface area contributed by atoms with E-state index in [0.717, 1.165) is 0 Å². The normalized spacial score (nSPS) is 13.9. The van der Waals surface area contributed by atoms with Crippen molar-refractivity contribution in [3.8, 4) is 0 Å². The summed E-state index contributed by atoms with van der Waals surface area (Å²) in [6, 6.07) is -0.396. The van der Waals surface area contributed by atoms with Gasteiger partial charge in [0.05, 0.1) is 12.0 Å². The van der Waals surface area contributed by atoms with Gasteiger partial charge < -0.3 is 20.7 Å². The summed E-state index contributed by atoms with van der Waals surface area (Å²) in [5, 5.41) is 8.11. The minimum atomic E-state index is -0.663. The maximum atomic E-state index is 12.8. The van der Waals surface area contributed by atoms with Crippen molar-refractivity contribution in [1.82, 2.24) is 16.0 Å². The highest BCUT2D eigenvalue weighted by molar-refractivity contribution is 7.81. The van der Waals surface area contributed by atoms with E-state index in [0.29, 0.717) is 18.5 Å². The lowest BCUT2D eigenvalue weighted by molar-refractivity contribution is -0.138. The second kappa shape index (κ2) is 10.7. The number of amides is 3. The summed E-state index contributed by atoms with van der Waals surface area (Å²) in [5.74, 6) is -0.577. The van der Waals surface area contributed by atoms with E-state index in [1.165, 1.54) is 0 Å². The smallest absolute Gasteiger partial charge is 0.333 e. The Hall–Kier alpha value is -1.70. The molecule has 0 aliphatic carbocycles. The molecule has 8 heteroatoms. The summed E-state index contributed by atoms with van der Waals surface area (Å²) in [6.07, 6.45) is 0.680. The van der Waals surface area contributed by atoms with E-state index in [1.54, 1.807) is 6.92 Å². The van der Waals surface area contributed by atoms with Crippen molar-refractivity contribution in [1.29, 1.82) is 0 Å². The first kappa shape index (κ1) is 26.3. The van der Waals surface area contributed by atoms with Crippen LogP contribution in [0.2, 0.25) is 0 Å². The Kier molecular flexibility index (Phi) is 10.1. The molecule has 1 unspecified atom stereocenters. The molecule has 0 bridgehead atoms. The number of carbonyl (C=O) groups is 3. The fourth-order valence-corrected chi connectivity index (χ4v) is 2.86. The van der Waals surface area contributed by atoms with E-state index in [4.69, 9.17) is 4.74 Å². The molecule has 0 aromatic heterocycles. The Bertz CT molecular complexity index is 579. The van der Waals surface area contributed by atoms with Crippen LogP contribution in [0, 0.1) is 10.8 Å². The third kappa shape index (κ3) is 9.48. The van der Waals surface area contributed by atoms with E-state index in [2.05, 4.69) is 55.9 Å². The predicted molar refractivity (Wildman–Crippen MR) is 115 cm³/mol. The molecule has 0 aliphatic heterocycles. The van der Waals surface area contributed by atoms with Gasteiger partial charge in [0.15, 0.2) is 0 Å². The van der Waals surface area contributed by atoms with Gasteiger partial charge in [-0.15, -0.1) is 0 Å². The quantitative estimate of drug-likeness (QED) is 0.191. The molecule has 0 saturated carbocycles. The van der Waals surface area contributed by atoms with E-state index in [1.807, 2.05) is 20.8 Å². The maximum absolute atomic E-state index is 12.8. The second-order valence-corrected chi connectivity index (χ2v) is 10.1. The molecule has 3 amide bonds. The van der Waals surface area contributed by atoms with Gasteiger partial charge in [0.25, 0.3) is 0 Å². The highest BCUT2D eigenvalue weighted by Gasteiger charge is 2.47. The predicted octanol–water partition coefficient (Wildman–Crippen LogP) is 2.67. The van der Waals surface area contributed by atoms with Crippen LogP contribution >= 0.6 is 12.6 Å². The van der Waals surface area contributed by atoms with Crippen molar-refractivity contribution in [3.63, 3.8) is 0 Å². The third-order valence-corrected chi connectivity index (χ3v) is 4.89. The molecule has 0 rings (SSSR count). The van der Waals surface area contributed by atoms with E-state index in [9.17, 15) is 14.4 Å². The first-order chi connectivity index (χ1) is 12.6. The molecule has 0 aromatic rings. The van der Waals surface area contributed by atoms with Crippen molar-refractivity contribution in [2.45, 2.75) is 59.6 Å². The minimum absolute atomic E-state index is 0.0299. The lowest BCUT2D eigenvalue weighted by atomic mass is 9.67. The van der Waals surface area contributed by atoms with Crippen LogP contribution in [0.25, 0.3) is 0 Å². The number of carbonyl (C=O) groups excluding carboxylic acids is 3. The van der Waals surface area contributed by atoms with Crippen molar-refractivity contribution in [3.05, 3.63) is 12.2 Å². The fraction of sp³-hybridized carbons (Fsp3) is 0.750. The van der Waals surface area contributed by atoms with Crippen LogP contribution < -0.4 is 16.0 Å². The molecular weight excluding hydrogens is 378 g/mol. The standard InChI is InChI=1S/C20H37N3O4S/c1-14(2)15(24)27-12-11-23-17(26)22-10-9-21-16(25)20(8,19(6,7)28)13-18(3,4)5/h28H,1,9-13H2,2-8H3,(H,21,25)(H2,22,23,26). The lowest BCUT2D eigenvalue weighted by Crippen LogP contribution is -2.52. The average Bonchev–Trinajstić information content (AvgIpc) is 2.52. The summed E-state index contributed by atoms with van der Waals surface area (Å²) in [5.41, 5.74) is -0.384. The van der Waals surface area contributed by atoms with Gasteiger partial charge in [-0.1, -0.05) is 27.4 Å². The van der Waals surface area contributed by atoms with Gasteiger partial charge in [0, 0.05) is 23.4 Å². The van der Waals surface area contributed by atoms with Gasteiger partial charge >= 0.3 is 12.0 Å². The van der Waals surface area contributed by atoms with Gasteiger partial charge in [-0.2, -0.15) is 12.6 Å². The minimum Gasteiger partial charge on any atom is -0.460 e. The van der Waals surface area contributed by atoms with Crippen LogP contribution in [0.3, 0.4) is 0 Å². The van der Waals surface area contributed by atoms with Crippen LogP contribution in [0.1, 0.15) is 54.9 Å². The van der Waals surface area contributed by atoms with Crippen molar-refractivity contribution < 1.29 is 19.1 Å². The molecule has 7 nitrogen and oxygen atoms in total. The molecule has 0 heterocycles. The molecule has 162 valence electrons. The van der Waals surface area contributed by atoms with E-state index >= 15 is 0 Å². The number of nitrogens with one attached hydrogen (secondary N) is 3. The lowest BCUT2D eigenvalue weighted by Gasteiger charge is -2.43. The molecule has 3 N–H and O–H groups in total. The largest absolute Gasteiger partial charge is 0.460 e. The first-order valence-corrected chi connectivity index (χ1v) is 9.90. The van der Waals surface area contributed by atoms with Crippen LogP contribution in [0.4, 0.5) is 4.79 Å². The van der Waals surface area contributed by atoms with Gasteiger partial charge in [0.1, 0.15) is 6.61 Å². The molecule has 0 radical (unpaired) electrons. The monoisotopic (exact) mass is 415 g/mol. The molecular formula is C20H37N3O4S. The maximum Gasteiger partial charge on any atom is 0.333 e. The number of urea groups is 1. The van der Waals surface area contributed by atoms with Gasteiger partial charge in [-0.05, 0) is 39.5 Å². The number of rotatable bonds is 10. The molecule has 0 aromatic carbocycles. The average molecular weight is 416 g/mol. The van der Waals surface area contributed by atoms with E-state index in [-0.39, 0.29) is 31.0 Å². The molecule has 0 fully saturated rings. The van der Waals surface area contributed by atoms with Crippen LogP contribution in [0.5, 0.6) is 0 Å². The summed E-state index contributed by atoms with van der Waals surface area (Å²) in [4.78, 5) is 35.7. The fourth-order valence-electron chi connectivity index (χ4n) is 2.68. The Morgan fingerprint density at radius 1 is 0.929 bits per heavy atom. The first-order valence-electron chi connectivity index (χ1n) is 9.45. The van der Waals surface area contributed by atoms with Crippen LogP contribution in [0.15, 0.2) is 12.2 Å².